The first kappa shape index (κ1) is 17.4. The summed E-state index contributed by atoms with van der Waals surface area (Å²) in [7, 11) is 0. The highest BCUT2D eigenvalue weighted by Crippen LogP contribution is 2.24. The molecular formula is C19H20BrNO2. The highest BCUT2D eigenvalue weighted by atomic mass is 79.9. The van der Waals surface area contributed by atoms with Crippen molar-refractivity contribution in [2.45, 2.75) is 26.2 Å². The van der Waals surface area contributed by atoms with E-state index < -0.39 is 0 Å². The molecule has 0 unspecified atom stereocenters. The second-order valence-corrected chi connectivity index (χ2v) is 7.14. The summed E-state index contributed by atoms with van der Waals surface area (Å²) in [6.07, 6.45) is 0. The number of hydrogen-bond donors (Lipinski definition) is 0. The van der Waals surface area contributed by atoms with Gasteiger partial charge in [-0.25, -0.2) is 0 Å². The van der Waals surface area contributed by atoms with Crippen molar-refractivity contribution < 1.29 is 9.47 Å². The predicted molar refractivity (Wildman–Crippen MR) is 95.0 cm³/mol. The van der Waals surface area contributed by atoms with Crippen LogP contribution in [0.2, 0.25) is 0 Å². The number of hydrogen-bond acceptors (Lipinski definition) is 3. The molecule has 0 aliphatic heterocycles. The first-order valence-corrected chi connectivity index (χ1v) is 8.25. The lowest BCUT2D eigenvalue weighted by Crippen LogP contribution is -2.12. The van der Waals surface area contributed by atoms with Crippen LogP contribution < -0.4 is 9.47 Å². The Kier molecular flexibility index (Phi) is 5.68. The maximum absolute atomic E-state index is 9.09. The maximum Gasteiger partial charge on any atom is 0.137 e. The van der Waals surface area contributed by atoms with Crippen LogP contribution >= 0.6 is 15.9 Å². The number of rotatable bonds is 5. The van der Waals surface area contributed by atoms with Crippen LogP contribution in [-0.2, 0) is 5.41 Å². The first-order valence-electron chi connectivity index (χ1n) is 7.46. The molecule has 0 bridgehead atoms. The van der Waals surface area contributed by atoms with Gasteiger partial charge in [-0.05, 0) is 41.3 Å². The van der Waals surface area contributed by atoms with E-state index in [0.29, 0.717) is 24.5 Å². The molecule has 0 aliphatic rings. The predicted octanol–water partition coefficient (Wildman–Crippen LogP) is 5.08. The van der Waals surface area contributed by atoms with Crippen molar-refractivity contribution in [3.8, 4) is 17.6 Å². The van der Waals surface area contributed by atoms with Crippen molar-refractivity contribution in [3.05, 3.63) is 58.1 Å². The Morgan fingerprint density at radius 1 is 1.00 bits per heavy atom. The van der Waals surface area contributed by atoms with E-state index >= 15 is 0 Å². The molecule has 0 spiro atoms. The van der Waals surface area contributed by atoms with Gasteiger partial charge >= 0.3 is 0 Å². The minimum Gasteiger partial charge on any atom is -0.490 e. The lowest BCUT2D eigenvalue weighted by Gasteiger charge is -2.19. The molecule has 3 nitrogen and oxygen atoms in total. The van der Waals surface area contributed by atoms with Gasteiger partial charge in [-0.3, -0.25) is 0 Å². The Morgan fingerprint density at radius 2 is 1.65 bits per heavy atom. The minimum atomic E-state index is 0.136. The molecule has 0 saturated carbocycles. The van der Waals surface area contributed by atoms with Gasteiger partial charge in [0.2, 0.25) is 0 Å². The van der Waals surface area contributed by atoms with Crippen LogP contribution in [0.25, 0.3) is 0 Å². The molecular weight excluding hydrogens is 354 g/mol. The van der Waals surface area contributed by atoms with Crippen molar-refractivity contribution >= 4 is 15.9 Å². The average Bonchev–Trinajstić information content (AvgIpc) is 2.52. The van der Waals surface area contributed by atoms with E-state index in [1.54, 1.807) is 12.1 Å². The minimum absolute atomic E-state index is 0.136. The van der Waals surface area contributed by atoms with Crippen LogP contribution in [0.1, 0.15) is 31.9 Å². The van der Waals surface area contributed by atoms with Gasteiger partial charge in [-0.1, -0.05) is 48.8 Å². The van der Waals surface area contributed by atoms with Crippen molar-refractivity contribution in [2.75, 3.05) is 13.2 Å². The molecule has 0 atom stereocenters. The van der Waals surface area contributed by atoms with E-state index in [2.05, 4.69) is 54.9 Å². The summed E-state index contributed by atoms with van der Waals surface area (Å²) in [6, 6.07) is 15.6. The fourth-order valence-corrected chi connectivity index (χ4v) is 2.44. The van der Waals surface area contributed by atoms with Crippen LogP contribution in [0.15, 0.2) is 46.9 Å². The summed E-state index contributed by atoms with van der Waals surface area (Å²) in [6.45, 7) is 7.36. The Bertz CT molecular complexity index is 697. The SMILES string of the molecule is CC(C)(C)c1ccc(OCCOc2ccc(Br)cc2C#N)cc1. The van der Waals surface area contributed by atoms with E-state index in [4.69, 9.17) is 14.7 Å². The number of nitriles is 1. The van der Waals surface area contributed by atoms with Gasteiger partial charge in [0.05, 0.1) is 5.56 Å². The highest BCUT2D eigenvalue weighted by Gasteiger charge is 2.12. The Hall–Kier alpha value is -1.99. The van der Waals surface area contributed by atoms with Gasteiger partial charge in [0, 0.05) is 4.47 Å². The van der Waals surface area contributed by atoms with Gasteiger partial charge in [0.1, 0.15) is 30.8 Å². The van der Waals surface area contributed by atoms with Crippen molar-refractivity contribution in [1.29, 1.82) is 5.26 Å². The molecule has 0 heterocycles. The lowest BCUT2D eigenvalue weighted by molar-refractivity contribution is 0.216. The fourth-order valence-electron chi connectivity index (χ4n) is 2.08. The number of ether oxygens (including phenoxy) is 2. The molecule has 0 fully saturated rings. The van der Waals surface area contributed by atoms with E-state index in [1.165, 1.54) is 5.56 Å². The van der Waals surface area contributed by atoms with Crippen LogP contribution in [0.5, 0.6) is 11.5 Å². The van der Waals surface area contributed by atoms with Crippen LogP contribution in [-0.4, -0.2) is 13.2 Å². The largest absolute Gasteiger partial charge is 0.490 e. The van der Waals surface area contributed by atoms with E-state index in [-0.39, 0.29) is 5.41 Å². The third-order valence-corrected chi connectivity index (χ3v) is 3.89. The second-order valence-electron chi connectivity index (χ2n) is 6.22. The highest BCUT2D eigenvalue weighted by molar-refractivity contribution is 9.10. The third-order valence-electron chi connectivity index (χ3n) is 3.39. The molecule has 120 valence electrons. The molecule has 0 amide bonds. The maximum atomic E-state index is 9.09. The molecule has 0 saturated heterocycles. The van der Waals surface area contributed by atoms with Crippen LogP contribution in [0, 0.1) is 11.3 Å². The van der Waals surface area contributed by atoms with Gasteiger partial charge in [-0.15, -0.1) is 0 Å². The summed E-state index contributed by atoms with van der Waals surface area (Å²) in [5.41, 5.74) is 1.92. The molecule has 0 radical (unpaired) electrons. The topological polar surface area (TPSA) is 42.2 Å². The molecule has 2 aromatic rings. The molecule has 23 heavy (non-hydrogen) atoms. The third kappa shape index (κ3) is 5.01. The smallest absolute Gasteiger partial charge is 0.137 e. The first-order chi connectivity index (χ1) is 10.9. The normalized spacial score (nSPS) is 10.9. The van der Waals surface area contributed by atoms with Gasteiger partial charge in [-0.2, -0.15) is 5.26 Å². The fraction of sp³-hybridized carbons (Fsp3) is 0.316. The van der Waals surface area contributed by atoms with E-state index in [0.717, 1.165) is 10.2 Å². The Morgan fingerprint density at radius 3 is 2.26 bits per heavy atom. The second kappa shape index (κ2) is 7.52. The number of benzene rings is 2. The molecule has 4 heteroatoms. The summed E-state index contributed by atoms with van der Waals surface area (Å²) in [4.78, 5) is 0. The summed E-state index contributed by atoms with van der Waals surface area (Å²) in [5, 5.41) is 9.09. The van der Waals surface area contributed by atoms with E-state index in [1.807, 2.05) is 18.2 Å². The van der Waals surface area contributed by atoms with Gasteiger partial charge in [0.15, 0.2) is 0 Å². The standard InChI is InChI=1S/C19H20BrNO2/c1-19(2,3)15-4-7-17(8-5-15)22-10-11-23-18-9-6-16(20)12-14(18)13-21/h4-9,12H,10-11H2,1-3H3. The Balaban J connectivity index is 1.85. The molecule has 0 N–H and O–H groups in total. The summed E-state index contributed by atoms with van der Waals surface area (Å²) < 4.78 is 12.1. The zero-order valence-corrected chi connectivity index (χ0v) is 15.2. The van der Waals surface area contributed by atoms with Crippen molar-refractivity contribution in [1.82, 2.24) is 0 Å². The monoisotopic (exact) mass is 373 g/mol. The quantitative estimate of drug-likeness (QED) is 0.686. The molecule has 0 aliphatic carbocycles. The zero-order valence-electron chi connectivity index (χ0n) is 13.6. The molecule has 0 aromatic heterocycles. The molecule has 2 aromatic carbocycles. The van der Waals surface area contributed by atoms with E-state index in [9.17, 15) is 0 Å². The lowest BCUT2D eigenvalue weighted by atomic mass is 9.87. The van der Waals surface area contributed by atoms with Crippen LogP contribution in [0.4, 0.5) is 0 Å². The van der Waals surface area contributed by atoms with Crippen molar-refractivity contribution in [2.24, 2.45) is 0 Å². The zero-order chi connectivity index (χ0) is 16.9. The number of halogens is 1. The summed E-state index contributed by atoms with van der Waals surface area (Å²) in [5.74, 6) is 1.39. The van der Waals surface area contributed by atoms with Crippen molar-refractivity contribution in [3.63, 3.8) is 0 Å². The van der Waals surface area contributed by atoms with Gasteiger partial charge < -0.3 is 9.47 Å². The van der Waals surface area contributed by atoms with Gasteiger partial charge in [0.25, 0.3) is 0 Å². The Labute approximate surface area is 146 Å². The average molecular weight is 374 g/mol. The summed E-state index contributed by atoms with van der Waals surface area (Å²) >= 11 is 3.34. The number of nitrogens with zero attached hydrogens (tertiary/aromatic N) is 1. The molecule has 2 rings (SSSR count). The van der Waals surface area contributed by atoms with Crippen LogP contribution in [0.3, 0.4) is 0 Å².